The van der Waals surface area contributed by atoms with Gasteiger partial charge in [-0.05, 0) is 55.3 Å². The van der Waals surface area contributed by atoms with E-state index in [1.807, 2.05) is 50.2 Å². The molecule has 2 aliphatic rings. The molecule has 1 amide bonds. The van der Waals surface area contributed by atoms with Gasteiger partial charge in [0.25, 0.3) is 0 Å². The number of hydrogen-bond acceptors (Lipinski definition) is 8. The number of carbonyl (C=O) groups is 1. The summed E-state index contributed by atoms with van der Waals surface area (Å²) in [5.41, 5.74) is 3.94. The van der Waals surface area contributed by atoms with E-state index in [0.29, 0.717) is 73.8 Å². The van der Waals surface area contributed by atoms with Gasteiger partial charge in [0.1, 0.15) is 5.92 Å². The molecule has 0 bridgehead atoms. The summed E-state index contributed by atoms with van der Waals surface area (Å²) in [6.45, 7) is 8.53. The Hall–Kier alpha value is -3.93. The van der Waals surface area contributed by atoms with Crippen LogP contribution in [0.3, 0.4) is 0 Å². The van der Waals surface area contributed by atoms with Crippen molar-refractivity contribution in [3.63, 3.8) is 0 Å². The van der Waals surface area contributed by atoms with E-state index in [4.69, 9.17) is 19.2 Å². The van der Waals surface area contributed by atoms with Gasteiger partial charge < -0.3 is 19.5 Å². The van der Waals surface area contributed by atoms with Gasteiger partial charge in [-0.15, -0.1) is 0 Å². The third-order valence-electron chi connectivity index (χ3n) is 7.40. The standard InChI is InChI=1S/C32H38N4O6S/c1-4-41-28-21-26-27(22-29(28)42-5-2)34-32(37)30(26)31(23-9-7-6-8-10-23)33-24-11-13-25(14-12-24)36(43(3,38)39)16-15-35-17-19-40-20-18-35/h6-14,21-22,30H,4-5,15-20H2,1-3H3,(H,34,37). The number of ether oxygens (including phenoxy) is 3. The lowest BCUT2D eigenvalue weighted by atomic mass is 9.90. The van der Waals surface area contributed by atoms with Crippen molar-refractivity contribution in [3.05, 3.63) is 77.9 Å². The highest BCUT2D eigenvalue weighted by Gasteiger charge is 2.37. The number of nitrogens with one attached hydrogen (secondary N) is 1. The van der Waals surface area contributed by atoms with E-state index in [9.17, 15) is 13.2 Å². The summed E-state index contributed by atoms with van der Waals surface area (Å²) in [5.74, 6) is 0.255. The van der Waals surface area contributed by atoms with Gasteiger partial charge in [0.15, 0.2) is 11.5 Å². The summed E-state index contributed by atoms with van der Waals surface area (Å²) < 4.78 is 43.9. The van der Waals surface area contributed by atoms with E-state index in [2.05, 4.69) is 10.2 Å². The highest BCUT2D eigenvalue weighted by atomic mass is 32.2. The van der Waals surface area contributed by atoms with Crippen molar-refractivity contribution in [2.45, 2.75) is 19.8 Å². The van der Waals surface area contributed by atoms with Crippen LogP contribution in [0.2, 0.25) is 0 Å². The molecule has 5 rings (SSSR count). The molecule has 1 fully saturated rings. The molecule has 0 spiro atoms. The third-order valence-corrected chi connectivity index (χ3v) is 8.59. The molecule has 0 aromatic heterocycles. The van der Waals surface area contributed by atoms with Crippen molar-refractivity contribution >= 4 is 38.7 Å². The number of carbonyl (C=O) groups excluding carboxylic acids is 1. The molecule has 0 saturated carbocycles. The van der Waals surface area contributed by atoms with Gasteiger partial charge in [0, 0.05) is 37.9 Å². The van der Waals surface area contributed by atoms with Crippen molar-refractivity contribution in [3.8, 4) is 11.5 Å². The average molecular weight is 607 g/mol. The number of nitrogens with zero attached hydrogens (tertiary/aromatic N) is 3. The molecule has 2 heterocycles. The fraction of sp³-hybridized carbons (Fsp3) is 0.375. The summed E-state index contributed by atoms with van der Waals surface area (Å²) in [5, 5.41) is 2.99. The van der Waals surface area contributed by atoms with Gasteiger partial charge in [0.2, 0.25) is 15.9 Å². The first-order valence-corrected chi connectivity index (χ1v) is 16.4. The Bertz CT molecular complexity index is 1550. The molecule has 1 atom stereocenters. The molecule has 1 saturated heterocycles. The number of anilines is 2. The minimum Gasteiger partial charge on any atom is -0.490 e. The molecular formula is C32H38N4O6S. The second-order valence-electron chi connectivity index (χ2n) is 10.3. The van der Waals surface area contributed by atoms with Crippen LogP contribution in [0.4, 0.5) is 17.1 Å². The van der Waals surface area contributed by atoms with Crippen molar-refractivity contribution in [1.82, 2.24) is 4.90 Å². The smallest absolute Gasteiger partial charge is 0.238 e. The molecule has 10 nitrogen and oxygen atoms in total. The molecule has 3 aromatic rings. The number of hydrogen-bond donors (Lipinski definition) is 1. The number of sulfonamides is 1. The van der Waals surface area contributed by atoms with E-state index in [-0.39, 0.29) is 5.91 Å². The first kappa shape index (κ1) is 30.5. The van der Waals surface area contributed by atoms with Gasteiger partial charge in [-0.2, -0.15) is 0 Å². The molecule has 228 valence electrons. The van der Waals surface area contributed by atoms with Crippen molar-refractivity contribution in [2.75, 3.05) is 68.5 Å². The molecular weight excluding hydrogens is 568 g/mol. The van der Waals surface area contributed by atoms with Crippen LogP contribution in [-0.4, -0.2) is 83.8 Å². The van der Waals surface area contributed by atoms with E-state index >= 15 is 0 Å². The van der Waals surface area contributed by atoms with Crippen LogP contribution in [0.15, 0.2) is 71.7 Å². The first-order chi connectivity index (χ1) is 20.8. The quantitative estimate of drug-likeness (QED) is 0.304. The van der Waals surface area contributed by atoms with E-state index in [1.54, 1.807) is 30.3 Å². The maximum absolute atomic E-state index is 13.5. The van der Waals surface area contributed by atoms with Gasteiger partial charge in [0.05, 0.1) is 49.8 Å². The fourth-order valence-corrected chi connectivity index (χ4v) is 6.28. The number of aliphatic imine (C=N–C) groups is 1. The van der Waals surface area contributed by atoms with Gasteiger partial charge in [-0.25, -0.2) is 8.42 Å². The Morgan fingerprint density at radius 3 is 2.28 bits per heavy atom. The van der Waals surface area contributed by atoms with E-state index in [1.165, 1.54) is 10.6 Å². The molecule has 1 unspecified atom stereocenters. The number of amides is 1. The van der Waals surface area contributed by atoms with Crippen LogP contribution in [-0.2, 0) is 19.6 Å². The van der Waals surface area contributed by atoms with Crippen LogP contribution < -0.4 is 19.1 Å². The minimum atomic E-state index is -3.50. The Balaban J connectivity index is 1.49. The molecule has 0 radical (unpaired) electrons. The van der Waals surface area contributed by atoms with Gasteiger partial charge >= 0.3 is 0 Å². The maximum atomic E-state index is 13.5. The van der Waals surface area contributed by atoms with Crippen LogP contribution in [0, 0.1) is 0 Å². The molecule has 0 aliphatic carbocycles. The predicted octanol–water partition coefficient (Wildman–Crippen LogP) is 4.44. The monoisotopic (exact) mass is 606 g/mol. The summed E-state index contributed by atoms with van der Waals surface area (Å²) in [4.78, 5) is 20.6. The molecule has 2 aliphatic heterocycles. The minimum absolute atomic E-state index is 0.198. The topological polar surface area (TPSA) is 110 Å². The average Bonchev–Trinajstić information content (AvgIpc) is 3.31. The third kappa shape index (κ3) is 7.18. The van der Waals surface area contributed by atoms with E-state index in [0.717, 1.165) is 24.2 Å². The predicted molar refractivity (Wildman–Crippen MR) is 169 cm³/mol. The number of benzene rings is 3. The van der Waals surface area contributed by atoms with Crippen LogP contribution in [0.5, 0.6) is 11.5 Å². The second kappa shape index (κ2) is 13.6. The summed E-state index contributed by atoms with van der Waals surface area (Å²) in [7, 11) is -3.50. The second-order valence-corrected chi connectivity index (χ2v) is 12.2. The van der Waals surface area contributed by atoms with Crippen LogP contribution in [0.25, 0.3) is 0 Å². The van der Waals surface area contributed by atoms with Crippen molar-refractivity contribution in [1.29, 1.82) is 0 Å². The van der Waals surface area contributed by atoms with Gasteiger partial charge in [-0.3, -0.25) is 19.0 Å². The normalized spacial score (nSPS) is 17.3. The molecule has 11 heteroatoms. The first-order valence-electron chi connectivity index (χ1n) is 14.5. The summed E-state index contributed by atoms with van der Waals surface area (Å²) in [6, 6.07) is 20.3. The Labute approximate surface area is 253 Å². The zero-order valence-electron chi connectivity index (χ0n) is 24.8. The number of fused-ring (bicyclic) bond motifs is 1. The summed E-state index contributed by atoms with van der Waals surface area (Å²) in [6.07, 6.45) is 1.22. The fourth-order valence-electron chi connectivity index (χ4n) is 5.36. The van der Waals surface area contributed by atoms with Crippen LogP contribution >= 0.6 is 0 Å². The van der Waals surface area contributed by atoms with Crippen molar-refractivity contribution in [2.24, 2.45) is 4.99 Å². The Morgan fingerprint density at radius 2 is 1.65 bits per heavy atom. The van der Waals surface area contributed by atoms with Crippen molar-refractivity contribution < 1.29 is 27.4 Å². The molecule has 1 N–H and O–H groups in total. The Kier molecular flexibility index (Phi) is 9.64. The lowest BCUT2D eigenvalue weighted by Crippen LogP contribution is -2.42. The van der Waals surface area contributed by atoms with Gasteiger partial charge in [-0.1, -0.05) is 30.3 Å². The zero-order chi connectivity index (χ0) is 30.4. The highest BCUT2D eigenvalue weighted by molar-refractivity contribution is 7.92. The van der Waals surface area contributed by atoms with E-state index < -0.39 is 15.9 Å². The number of rotatable bonds is 12. The zero-order valence-corrected chi connectivity index (χ0v) is 25.6. The SMILES string of the molecule is CCOc1cc2c(cc1OCC)C(C(=Nc1ccc(N(CCN3CCOCC3)S(C)(=O)=O)cc1)c1ccccc1)C(=O)N2. The lowest BCUT2D eigenvalue weighted by Gasteiger charge is -2.30. The highest BCUT2D eigenvalue weighted by Crippen LogP contribution is 2.43. The molecule has 43 heavy (non-hydrogen) atoms. The molecule has 3 aromatic carbocycles. The maximum Gasteiger partial charge on any atom is 0.238 e. The van der Waals surface area contributed by atoms with Crippen LogP contribution in [0.1, 0.15) is 30.9 Å². The Morgan fingerprint density at radius 1 is 1.00 bits per heavy atom. The summed E-state index contributed by atoms with van der Waals surface area (Å²) >= 11 is 0. The lowest BCUT2D eigenvalue weighted by molar-refractivity contribution is -0.115. The number of morpholine rings is 1. The largest absolute Gasteiger partial charge is 0.490 e.